The summed E-state index contributed by atoms with van der Waals surface area (Å²) in [5.74, 6) is 0.625. The molecule has 6 heteroatoms. The van der Waals surface area contributed by atoms with E-state index < -0.39 is 10.0 Å². The van der Waals surface area contributed by atoms with Crippen LogP contribution in [-0.2, 0) is 16.6 Å². The molecule has 0 atom stereocenters. The Labute approximate surface area is 115 Å². The molecule has 1 N–H and O–H groups in total. The molecule has 0 saturated heterocycles. The number of allylic oxidation sites excluding steroid dienone is 1. The molecule has 1 aromatic rings. The predicted octanol–water partition coefficient (Wildman–Crippen LogP) is 1.98. The average Bonchev–Trinajstić information content (AvgIpc) is 2.85. The van der Waals surface area contributed by atoms with E-state index in [4.69, 9.17) is 4.42 Å². The van der Waals surface area contributed by atoms with Crippen LogP contribution in [0.2, 0.25) is 0 Å². The van der Waals surface area contributed by atoms with Crippen LogP contribution in [0.15, 0.2) is 34.3 Å². The van der Waals surface area contributed by atoms with Gasteiger partial charge in [-0.05, 0) is 31.5 Å². The number of sulfonamides is 1. The van der Waals surface area contributed by atoms with Gasteiger partial charge in [0.15, 0.2) is 0 Å². The first-order chi connectivity index (χ1) is 9.02. The largest absolute Gasteiger partial charge is 0.447 e. The van der Waals surface area contributed by atoms with E-state index in [0.717, 1.165) is 19.4 Å². The zero-order chi connectivity index (χ0) is 14.3. The first kappa shape index (κ1) is 15.9. The van der Waals surface area contributed by atoms with Crippen LogP contribution in [0, 0.1) is 0 Å². The normalized spacial score (nSPS) is 11.9. The van der Waals surface area contributed by atoms with Crippen LogP contribution >= 0.6 is 0 Å². The van der Waals surface area contributed by atoms with Crippen molar-refractivity contribution in [2.24, 2.45) is 0 Å². The highest BCUT2D eigenvalue weighted by Gasteiger charge is 2.23. The van der Waals surface area contributed by atoms with Gasteiger partial charge >= 0.3 is 0 Å². The Morgan fingerprint density at radius 1 is 1.47 bits per heavy atom. The number of unbranched alkanes of at least 4 members (excludes halogenated alkanes) is 1. The number of rotatable bonds is 9. The number of hydrogen-bond donors (Lipinski definition) is 1. The second-order valence-corrected chi connectivity index (χ2v) is 6.23. The lowest BCUT2D eigenvalue weighted by Crippen LogP contribution is -2.27. The van der Waals surface area contributed by atoms with E-state index in [0.29, 0.717) is 18.8 Å². The van der Waals surface area contributed by atoms with Gasteiger partial charge in [0.1, 0.15) is 5.76 Å². The van der Waals surface area contributed by atoms with E-state index in [1.165, 1.54) is 10.4 Å². The first-order valence-electron chi connectivity index (χ1n) is 6.39. The average molecular weight is 286 g/mol. The van der Waals surface area contributed by atoms with Gasteiger partial charge in [0.25, 0.3) is 10.0 Å². The zero-order valence-corrected chi connectivity index (χ0v) is 12.4. The van der Waals surface area contributed by atoms with Crippen molar-refractivity contribution in [3.8, 4) is 0 Å². The van der Waals surface area contributed by atoms with E-state index >= 15 is 0 Å². The topological polar surface area (TPSA) is 62.6 Å². The van der Waals surface area contributed by atoms with Crippen LogP contribution < -0.4 is 5.32 Å². The summed E-state index contributed by atoms with van der Waals surface area (Å²) in [6.45, 7) is 7.40. The van der Waals surface area contributed by atoms with E-state index in [1.54, 1.807) is 19.2 Å². The summed E-state index contributed by atoms with van der Waals surface area (Å²) >= 11 is 0. The molecule has 1 rings (SSSR count). The summed E-state index contributed by atoms with van der Waals surface area (Å²) in [7, 11) is -1.96. The van der Waals surface area contributed by atoms with E-state index in [1.807, 2.05) is 6.92 Å². The molecule has 0 spiro atoms. The maximum atomic E-state index is 12.2. The number of hydrogen-bond acceptors (Lipinski definition) is 4. The summed E-state index contributed by atoms with van der Waals surface area (Å²) in [6, 6.07) is 3.19. The van der Waals surface area contributed by atoms with E-state index in [2.05, 4.69) is 11.9 Å². The molecule has 0 bridgehead atoms. The van der Waals surface area contributed by atoms with Crippen LogP contribution in [0.3, 0.4) is 0 Å². The fourth-order valence-electron chi connectivity index (χ4n) is 1.57. The number of nitrogens with zero attached hydrogens (tertiary/aromatic N) is 1. The smallest absolute Gasteiger partial charge is 0.276 e. The summed E-state index contributed by atoms with van der Waals surface area (Å²) < 4.78 is 31.1. The zero-order valence-electron chi connectivity index (χ0n) is 11.6. The Bertz CT molecular complexity index is 494. The molecule has 0 fully saturated rings. The molecule has 0 amide bonds. The van der Waals surface area contributed by atoms with Gasteiger partial charge in [0.05, 0.1) is 6.54 Å². The minimum absolute atomic E-state index is 0.00139. The fraction of sp³-hybridized carbons (Fsp3) is 0.538. The van der Waals surface area contributed by atoms with E-state index in [9.17, 15) is 8.42 Å². The highest BCUT2D eigenvalue weighted by atomic mass is 32.2. The van der Waals surface area contributed by atoms with Crippen molar-refractivity contribution in [2.75, 3.05) is 20.1 Å². The third-order valence-corrected chi connectivity index (χ3v) is 4.46. The molecule has 0 radical (unpaired) electrons. The Hall–Kier alpha value is -1.11. The van der Waals surface area contributed by atoms with Gasteiger partial charge in [-0.15, -0.1) is 6.58 Å². The van der Waals surface area contributed by atoms with Gasteiger partial charge in [-0.25, -0.2) is 8.42 Å². The second kappa shape index (κ2) is 7.47. The third-order valence-electron chi connectivity index (χ3n) is 2.73. The third kappa shape index (κ3) is 4.49. The van der Waals surface area contributed by atoms with Gasteiger partial charge in [-0.2, -0.15) is 4.31 Å². The van der Waals surface area contributed by atoms with Crippen molar-refractivity contribution >= 4 is 10.0 Å². The van der Waals surface area contributed by atoms with Crippen molar-refractivity contribution in [3.05, 3.63) is 30.5 Å². The second-order valence-electron chi connectivity index (χ2n) is 4.26. The van der Waals surface area contributed by atoms with Gasteiger partial charge in [0, 0.05) is 13.6 Å². The molecule has 1 aromatic heterocycles. The quantitative estimate of drug-likeness (QED) is 0.557. The summed E-state index contributed by atoms with van der Waals surface area (Å²) in [4.78, 5) is 0. The van der Waals surface area contributed by atoms with Crippen molar-refractivity contribution in [3.63, 3.8) is 0 Å². The summed E-state index contributed by atoms with van der Waals surface area (Å²) in [5.41, 5.74) is 0. The lowest BCUT2D eigenvalue weighted by molar-refractivity contribution is 0.380. The molecule has 0 aliphatic heterocycles. The monoisotopic (exact) mass is 286 g/mol. The summed E-state index contributed by atoms with van der Waals surface area (Å²) in [6.07, 6.45) is 3.33. The molecular weight excluding hydrogens is 264 g/mol. The van der Waals surface area contributed by atoms with Crippen molar-refractivity contribution in [1.29, 1.82) is 0 Å². The molecule has 0 aliphatic rings. The van der Waals surface area contributed by atoms with Crippen LogP contribution in [0.5, 0.6) is 0 Å². The Balaban J connectivity index is 2.70. The van der Waals surface area contributed by atoms with Gasteiger partial charge in [0.2, 0.25) is 5.09 Å². The van der Waals surface area contributed by atoms with E-state index in [-0.39, 0.29) is 5.09 Å². The fourth-order valence-corrected chi connectivity index (χ4v) is 2.70. The van der Waals surface area contributed by atoms with Crippen molar-refractivity contribution in [1.82, 2.24) is 9.62 Å². The molecule has 5 nitrogen and oxygen atoms in total. The molecule has 0 aromatic carbocycles. The molecule has 108 valence electrons. The molecule has 0 saturated carbocycles. The minimum atomic E-state index is -3.52. The van der Waals surface area contributed by atoms with Crippen LogP contribution in [-0.4, -0.2) is 32.9 Å². The molecule has 0 unspecified atom stereocenters. The molecular formula is C13H22N2O3S. The summed E-state index contributed by atoms with van der Waals surface area (Å²) in [5, 5.41) is 3.09. The maximum Gasteiger partial charge on any atom is 0.276 e. The van der Waals surface area contributed by atoms with Crippen molar-refractivity contribution < 1.29 is 12.8 Å². The highest BCUT2D eigenvalue weighted by Crippen LogP contribution is 2.18. The minimum Gasteiger partial charge on any atom is -0.447 e. The molecule has 1 heterocycles. The van der Waals surface area contributed by atoms with Gasteiger partial charge in [-0.1, -0.05) is 13.0 Å². The van der Waals surface area contributed by atoms with Crippen LogP contribution in [0.4, 0.5) is 0 Å². The van der Waals surface area contributed by atoms with Gasteiger partial charge in [-0.3, -0.25) is 0 Å². The maximum absolute atomic E-state index is 12.2. The first-order valence-corrected chi connectivity index (χ1v) is 7.83. The van der Waals surface area contributed by atoms with Crippen molar-refractivity contribution in [2.45, 2.75) is 31.4 Å². The Morgan fingerprint density at radius 3 is 2.84 bits per heavy atom. The van der Waals surface area contributed by atoms with Crippen LogP contribution in [0.1, 0.15) is 25.5 Å². The Morgan fingerprint density at radius 2 is 2.21 bits per heavy atom. The van der Waals surface area contributed by atoms with Crippen LogP contribution in [0.25, 0.3) is 0 Å². The number of furan rings is 1. The Kier molecular flexibility index (Phi) is 6.27. The molecule has 19 heavy (non-hydrogen) atoms. The predicted molar refractivity (Wildman–Crippen MR) is 75.3 cm³/mol. The standard InChI is InChI=1S/C13H22N2O3S/c1-4-6-7-10-15(3)19(16,17)13-9-8-12(18-13)11-14-5-2/h4,8-9,14H,1,5-7,10-11H2,2-3H3. The number of nitrogens with one attached hydrogen (secondary N) is 1. The lowest BCUT2D eigenvalue weighted by Gasteiger charge is -2.14. The van der Waals surface area contributed by atoms with Gasteiger partial charge < -0.3 is 9.73 Å². The SMILES string of the molecule is C=CCCCN(C)S(=O)(=O)c1ccc(CNCC)o1. The molecule has 0 aliphatic carbocycles. The highest BCUT2D eigenvalue weighted by molar-refractivity contribution is 7.89. The lowest BCUT2D eigenvalue weighted by atomic mass is 10.3.